The summed E-state index contributed by atoms with van der Waals surface area (Å²) in [5, 5.41) is 9.26. The Morgan fingerprint density at radius 3 is 3.12 bits per heavy atom. The van der Waals surface area contributed by atoms with E-state index in [1.807, 2.05) is 0 Å². The number of nitrogens with zero attached hydrogens (tertiary/aromatic N) is 3. The van der Waals surface area contributed by atoms with Gasteiger partial charge in [-0.3, -0.25) is 0 Å². The normalized spacial score (nSPS) is 20.1. The highest BCUT2D eigenvalue weighted by Crippen LogP contribution is 2.22. The average molecular weight is 252 g/mol. The van der Waals surface area contributed by atoms with E-state index in [4.69, 9.17) is 21.6 Å². The molecule has 5 heteroatoms. The Kier molecular flexibility index (Phi) is 3.82. The van der Waals surface area contributed by atoms with Crippen LogP contribution in [-0.2, 0) is 4.74 Å². The fourth-order valence-corrected chi connectivity index (χ4v) is 2.25. The summed E-state index contributed by atoms with van der Waals surface area (Å²) < 4.78 is 5.36. The number of hydrogen-bond acceptors (Lipinski definition) is 4. The van der Waals surface area contributed by atoms with Crippen LogP contribution in [0.15, 0.2) is 12.1 Å². The van der Waals surface area contributed by atoms with Crippen molar-refractivity contribution in [3.8, 4) is 6.07 Å². The molecule has 17 heavy (non-hydrogen) atoms. The number of piperidine rings is 1. The van der Waals surface area contributed by atoms with Crippen LogP contribution >= 0.6 is 11.6 Å². The predicted molar refractivity (Wildman–Crippen MR) is 66.2 cm³/mol. The van der Waals surface area contributed by atoms with Gasteiger partial charge in [0.15, 0.2) is 0 Å². The first-order valence-electron chi connectivity index (χ1n) is 5.58. The summed E-state index contributed by atoms with van der Waals surface area (Å²) in [6.45, 7) is 1.73. The minimum Gasteiger partial charge on any atom is -0.380 e. The van der Waals surface area contributed by atoms with Gasteiger partial charge in [0.2, 0.25) is 0 Å². The molecule has 2 rings (SSSR count). The van der Waals surface area contributed by atoms with Crippen molar-refractivity contribution < 1.29 is 4.74 Å². The zero-order valence-electron chi connectivity index (χ0n) is 9.69. The van der Waals surface area contributed by atoms with Gasteiger partial charge in [0, 0.05) is 20.2 Å². The van der Waals surface area contributed by atoms with Gasteiger partial charge in [-0.15, -0.1) is 0 Å². The second-order valence-corrected chi connectivity index (χ2v) is 4.48. The molecule has 0 bridgehead atoms. The van der Waals surface area contributed by atoms with E-state index in [1.54, 1.807) is 19.2 Å². The first kappa shape index (κ1) is 12.2. The van der Waals surface area contributed by atoms with E-state index in [2.05, 4.69) is 16.0 Å². The summed E-state index contributed by atoms with van der Waals surface area (Å²) in [5.41, 5.74) is 0.541. The minimum absolute atomic E-state index is 0.232. The number of aromatic nitrogens is 1. The molecule has 1 saturated heterocycles. The second kappa shape index (κ2) is 5.35. The van der Waals surface area contributed by atoms with Crippen LogP contribution in [0.2, 0.25) is 5.15 Å². The number of halogens is 1. The lowest BCUT2D eigenvalue weighted by Gasteiger charge is -2.32. The van der Waals surface area contributed by atoms with Gasteiger partial charge in [-0.05, 0) is 25.0 Å². The molecule has 1 aliphatic rings. The summed E-state index contributed by atoms with van der Waals surface area (Å²) >= 11 is 5.90. The van der Waals surface area contributed by atoms with E-state index in [0.29, 0.717) is 10.7 Å². The van der Waals surface area contributed by atoms with Crippen LogP contribution in [0.3, 0.4) is 0 Å². The van der Waals surface area contributed by atoms with Crippen LogP contribution in [0.1, 0.15) is 18.4 Å². The monoisotopic (exact) mass is 251 g/mol. The van der Waals surface area contributed by atoms with Crippen molar-refractivity contribution in [1.29, 1.82) is 5.26 Å². The van der Waals surface area contributed by atoms with Crippen molar-refractivity contribution in [2.45, 2.75) is 18.9 Å². The molecule has 1 aliphatic heterocycles. The number of anilines is 1. The third kappa shape index (κ3) is 2.87. The molecular weight excluding hydrogens is 238 g/mol. The van der Waals surface area contributed by atoms with Gasteiger partial charge in [0.25, 0.3) is 0 Å². The Morgan fingerprint density at radius 2 is 2.41 bits per heavy atom. The van der Waals surface area contributed by atoms with Crippen LogP contribution in [0, 0.1) is 11.3 Å². The number of ether oxygens (including phenoxy) is 1. The second-order valence-electron chi connectivity index (χ2n) is 4.09. The molecule has 1 fully saturated rings. The fraction of sp³-hybridized carbons (Fsp3) is 0.500. The maximum Gasteiger partial charge on any atom is 0.132 e. The standard InChI is InChI=1S/C12H14ClN3O/c1-17-10-3-2-4-16(8-10)12-6-9(7-14)5-11(13)15-12/h5-6,10H,2-4,8H2,1H3. The van der Waals surface area contributed by atoms with Crippen LogP contribution in [0.25, 0.3) is 0 Å². The van der Waals surface area contributed by atoms with Gasteiger partial charge in [0.05, 0.1) is 17.7 Å². The largest absolute Gasteiger partial charge is 0.380 e. The summed E-state index contributed by atoms with van der Waals surface area (Å²) in [6, 6.07) is 5.43. The van der Waals surface area contributed by atoms with Crippen molar-refractivity contribution in [1.82, 2.24) is 4.98 Å². The molecule has 1 aromatic rings. The molecule has 0 amide bonds. The molecule has 2 heterocycles. The zero-order valence-corrected chi connectivity index (χ0v) is 10.4. The maximum absolute atomic E-state index is 8.90. The molecule has 0 spiro atoms. The van der Waals surface area contributed by atoms with E-state index >= 15 is 0 Å². The first-order chi connectivity index (χ1) is 8.22. The topological polar surface area (TPSA) is 49.1 Å². The number of rotatable bonds is 2. The number of nitriles is 1. The quantitative estimate of drug-likeness (QED) is 0.757. The Hall–Kier alpha value is -1.31. The molecule has 1 aromatic heterocycles. The summed E-state index contributed by atoms with van der Waals surface area (Å²) in [5.74, 6) is 0.760. The lowest BCUT2D eigenvalue weighted by molar-refractivity contribution is 0.0891. The lowest BCUT2D eigenvalue weighted by atomic mass is 10.1. The van der Waals surface area contributed by atoms with E-state index in [-0.39, 0.29) is 6.10 Å². The van der Waals surface area contributed by atoms with E-state index in [0.717, 1.165) is 31.7 Å². The molecular formula is C12H14ClN3O. The van der Waals surface area contributed by atoms with Crippen molar-refractivity contribution in [3.63, 3.8) is 0 Å². The van der Waals surface area contributed by atoms with Crippen molar-refractivity contribution in [3.05, 3.63) is 22.8 Å². The van der Waals surface area contributed by atoms with Gasteiger partial charge in [0.1, 0.15) is 11.0 Å². The SMILES string of the molecule is COC1CCCN(c2cc(C#N)cc(Cl)n2)C1. The van der Waals surface area contributed by atoms with E-state index < -0.39 is 0 Å². The number of methoxy groups -OCH3 is 1. The molecule has 0 saturated carbocycles. The molecule has 0 aliphatic carbocycles. The van der Waals surface area contributed by atoms with E-state index in [9.17, 15) is 0 Å². The number of pyridine rings is 1. The van der Waals surface area contributed by atoms with Gasteiger partial charge in [-0.1, -0.05) is 11.6 Å². The van der Waals surface area contributed by atoms with Gasteiger partial charge in [-0.2, -0.15) is 5.26 Å². The van der Waals surface area contributed by atoms with Crippen LogP contribution in [-0.4, -0.2) is 31.3 Å². The van der Waals surface area contributed by atoms with Gasteiger partial charge >= 0.3 is 0 Å². The highest BCUT2D eigenvalue weighted by molar-refractivity contribution is 6.29. The summed E-state index contributed by atoms with van der Waals surface area (Å²) in [6.07, 6.45) is 2.36. The first-order valence-corrected chi connectivity index (χ1v) is 5.96. The van der Waals surface area contributed by atoms with E-state index in [1.165, 1.54) is 0 Å². The van der Waals surface area contributed by atoms with Gasteiger partial charge in [-0.25, -0.2) is 4.98 Å². The van der Waals surface area contributed by atoms with Crippen molar-refractivity contribution in [2.75, 3.05) is 25.1 Å². The van der Waals surface area contributed by atoms with Crippen molar-refractivity contribution in [2.24, 2.45) is 0 Å². The highest BCUT2D eigenvalue weighted by atomic mass is 35.5. The molecule has 1 unspecified atom stereocenters. The molecule has 0 radical (unpaired) electrons. The minimum atomic E-state index is 0.232. The number of hydrogen-bond donors (Lipinski definition) is 0. The molecule has 0 aromatic carbocycles. The zero-order chi connectivity index (χ0) is 12.3. The van der Waals surface area contributed by atoms with Crippen LogP contribution in [0.4, 0.5) is 5.82 Å². The van der Waals surface area contributed by atoms with Crippen LogP contribution < -0.4 is 4.90 Å². The fourth-order valence-electron chi connectivity index (χ4n) is 2.05. The summed E-state index contributed by atoms with van der Waals surface area (Å²) in [7, 11) is 1.72. The maximum atomic E-state index is 8.90. The molecule has 4 nitrogen and oxygen atoms in total. The van der Waals surface area contributed by atoms with Crippen LogP contribution in [0.5, 0.6) is 0 Å². The predicted octanol–water partition coefficient (Wildman–Crippen LogP) is 2.22. The molecule has 0 N–H and O–H groups in total. The summed E-state index contributed by atoms with van der Waals surface area (Å²) in [4.78, 5) is 6.37. The molecule has 1 atom stereocenters. The Balaban J connectivity index is 2.21. The smallest absolute Gasteiger partial charge is 0.132 e. The Labute approximate surface area is 106 Å². The van der Waals surface area contributed by atoms with Crippen molar-refractivity contribution >= 4 is 17.4 Å². The Bertz CT molecular complexity index is 444. The lowest BCUT2D eigenvalue weighted by Crippen LogP contribution is -2.39. The van der Waals surface area contributed by atoms with Gasteiger partial charge < -0.3 is 9.64 Å². The third-order valence-electron chi connectivity index (χ3n) is 2.95. The third-order valence-corrected chi connectivity index (χ3v) is 3.14. The Morgan fingerprint density at radius 1 is 1.59 bits per heavy atom. The average Bonchev–Trinajstić information content (AvgIpc) is 2.38. The molecule has 90 valence electrons. The highest BCUT2D eigenvalue weighted by Gasteiger charge is 2.21.